The van der Waals surface area contributed by atoms with Crippen molar-refractivity contribution in [3.63, 3.8) is 0 Å². The summed E-state index contributed by atoms with van der Waals surface area (Å²) in [6.07, 6.45) is -0.685. The van der Waals surface area contributed by atoms with Crippen molar-refractivity contribution < 1.29 is 22.5 Å². The van der Waals surface area contributed by atoms with Crippen LogP contribution in [0.15, 0.2) is 22.9 Å². The molecule has 27 heavy (non-hydrogen) atoms. The predicted molar refractivity (Wildman–Crippen MR) is 89.4 cm³/mol. The largest absolute Gasteiger partial charge is 0.433 e. The minimum absolute atomic E-state index is 0.00813. The molecule has 0 spiro atoms. The number of pyridine rings is 1. The Labute approximate surface area is 154 Å². The number of likely N-dealkylation sites (tertiary alicyclic amines) is 1. The lowest BCUT2D eigenvalue weighted by Gasteiger charge is -2.31. The second-order valence-corrected chi connectivity index (χ2v) is 6.61. The van der Waals surface area contributed by atoms with Gasteiger partial charge in [-0.05, 0) is 45.5 Å². The third-order valence-corrected chi connectivity index (χ3v) is 4.55. The fourth-order valence-corrected chi connectivity index (χ4v) is 3.03. The third kappa shape index (κ3) is 4.44. The Kier molecular flexibility index (Phi) is 5.45. The van der Waals surface area contributed by atoms with Gasteiger partial charge in [0.25, 0.3) is 0 Å². The van der Waals surface area contributed by atoms with Crippen molar-refractivity contribution in [2.24, 2.45) is 0 Å². The van der Waals surface area contributed by atoms with E-state index in [1.807, 2.05) is 11.9 Å². The maximum atomic E-state index is 12.8. The average molecular weight is 383 g/mol. The van der Waals surface area contributed by atoms with E-state index in [0.29, 0.717) is 0 Å². The van der Waals surface area contributed by atoms with Crippen LogP contribution in [-0.2, 0) is 11.0 Å². The minimum atomic E-state index is -4.56. The summed E-state index contributed by atoms with van der Waals surface area (Å²) in [5, 5.41) is 6.55. The number of carbonyl (C=O) groups excluding carboxylic acids is 1. The van der Waals surface area contributed by atoms with Gasteiger partial charge in [0.05, 0.1) is 6.04 Å². The molecular weight excluding hydrogens is 363 g/mol. The summed E-state index contributed by atoms with van der Waals surface area (Å²) >= 11 is 0. The molecular formula is C17H20F3N5O2. The van der Waals surface area contributed by atoms with Gasteiger partial charge in [0.2, 0.25) is 17.6 Å². The third-order valence-electron chi connectivity index (χ3n) is 4.55. The zero-order valence-electron chi connectivity index (χ0n) is 15.0. The Morgan fingerprint density at radius 2 is 2.19 bits per heavy atom. The number of piperidine rings is 1. The molecule has 10 heteroatoms. The maximum Gasteiger partial charge on any atom is 0.433 e. The van der Waals surface area contributed by atoms with Crippen LogP contribution in [0.3, 0.4) is 0 Å². The van der Waals surface area contributed by atoms with Crippen LogP contribution in [0.1, 0.15) is 43.8 Å². The van der Waals surface area contributed by atoms with Crippen molar-refractivity contribution in [3.8, 4) is 11.4 Å². The summed E-state index contributed by atoms with van der Waals surface area (Å²) in [6, 6.07) is 1.45. The van der Waals surface area contributed by atoms with Crippen LogP contribution in [0, 0.1) is 0 Å². The molecule has 0 aliphatic carbocycles. The average Bonchev–Trinajstić information content (AvgIpc) is 3.12. The van der Waals surface area contributed by atoms with Gasteiger partial charge in [0.1, 0.15) is 11.7 Å². The Morgan fingerprint density at radius 1 is 1.41 bits per heavy atom. The zero-order chi connectivity index (χ0) is 19.6. The van der Waals surface area contributed by atoms with Gasteiger partial charge in [-0.3, -0.25) is 14.7 Å². The first-order chi connectivity index (χ1) is 12.8. The number of carbonyl (C=O) groups is 1. The number of hydrogen-bond donors (Lipinski definition) is 1. The number of nitrogens with one attached hydrogen (secondary N) is 1. The Morgan fingerprint density at radius 3 is 2.89 bits per heavy atom. The molecule has 2 aromatic heterocycles. The summed E-state index contributed by atoms with van der Waals surface area (Å²) < 4.78 is 43.5. The van der Waals surface area contributed by atoms with E-state index in [-0.39, 0.29) is 29.2 Å². The Hall–Kier alpha value is -2.49. The molecule has 1 aliphatic heterocycles. The number of nitrogens with zero attached hydrogens (tertiary/aromatic N) is 4. The van der Waals surface area contributed by atoms with Crippen LogP contribution in [0.2, 0.25) is 0 Å². The molecule has 7 nitrogen and oxygen atoms in total. The lowest BCUT2D eigenvalue weighted by Crippen LogP contribution is -2.48. The van der Waals surface area contributed by atoms with E-state index in [1.54, 1.807) is 6.92 Å². The quantitative estimate of drug-likeness (QED) is 0.874. The fourth-order valence-electron chi connectivity index (χ4n) is 3.03. The smallest absolute Gasteiger partial charge is 0.343 e. The summed E-state index contributed by atoms with van der Waals surface area (Å²) in [6.45, 7) is 2.55. The van der Waals surface area contributed by atoms with E-state index in [9.17, 15) is 18.0 Å². The van der Waals surface area contributed by atoms with Crippen molar-refractivity contribution in [1.82, 2.24) is 25.3 Å². The first-order valence-electron chi connectivity index (χ1n) is 8.63. The van der Waals surface area contributed by atoms with Crippen LogP contribution in [0.4, 0.5) is 13.2 Å². The van der Waals surface area contributed by atoms with Crippen molar-refractivity contribution in [2.45, 2.75) is 44.4 Å². The second kappa shape index (κ2) is 7.63. The fraction of sp³-hybridized carbons (Fsp3) is 0.529. The molecule has 1 saturated heterocycles. The van der Waals surface area contributed by atoms with E-state index >= 15 is 0 Å². The molecule has 0 aromatic carbocycles. The molecule has 1 fully saturated rings. The van der Waals surface area contributed by atoms with Crippen LogP contribution in [0.5, 0.6) is 0 Å². The summed E-state index contributed by atoms with van der Waals surface area (Å²) in [5.74, 6) is 0.00341. The van der Waals surface area contributed by atoms with Crippen LogP contribution in [0.25, 0.3) is 11.4 Å². The lowest BCUT2D eigenvalue weighted by atomic mass is 10.0. The number of aromatic nitrogens is 3. The number of hydrogen-bond acceptors (Lipinski definition) is 6. The van der Waals surface area contributed by atoms with Crippen LogP contribution >= 0.6 is 0 Å². The summed E-state index contributed by atoms with van der Waals surface area (Å²) in [5.41, 5.74) is -0.897. The van der Waals surface area contributed by atoms with Crippen molar-refractivity contribution in [2.75, 3.05) is 13.6 Å². The molecule has 3 rings (SSSR count). The van der Waals surface area contributed by atoms with Gasteiger partial charge in [-0.1, -0.05) is 11.6 Å². The van der Waals surface area contributed by atoms with Gasteiger partial charge in [0, 0.05) is 11.8 Å². The highest BCUT2D eigenvalue weighted by Crippen LogP contribution is 2.30. The highest BCUT2D eigenvalue weighted by atomic mass is 19.4. The van der Waals surface area contributed by atoms with Gasteiger partial charge < -0.3 is 9.84 Å². The molecule has 1 N–H and O–H groups in total. The van der Waals surface area contributed by atoms with Gasteiger partial charge in [-0.2, -0.15) is 18.2 Å². The molecule has 1 unspecified atom stereocenters. The van der Waals surface area contributed by atoms with Crippen molar-refractivity contribution in [1.29, 1.82) is 0 Å². The number of alkyl halides is 3. The Balaban J connectivity index is 1.71. The summed E-state index contributed by atoms with van der Waals surface area (Å²) in [4.78, 5) is 21.9. The van der Waals surface area contributed by atoms with Gasteiger partial charge in [-0.25, -0.2) is 0 Å². The molecule has 0 saturated carbocycles. The predicted octanol–water partition coefficient (Wildman–Crippen LogP) is 2.81. The molecule has 0 bridgehead atoms. The first kappa shape index (κ1) is 19.3. The standard InChI is InChI=1S/C17H20F3N5O2/c1-10(22-15(26)12-5-3-4-8-25(12)2)16-23-14(24-27-16)11-6-7-21-13(9-11)17(18,19)20/h6-7,9-10,12H,3-5,8H2,1-2H3,(H,22,26)/t10-,12?/m0/s1. The number of rotatable bonds is 4. The Bertz CT molecular complexity index is 808. The number of amides is 1. The monoisotopic (exact) mass is 383 g/mol. The minimum Gasteiger partial charge on any atom is -0.343 e. The van der Waals surface area contributed by atoms with Gasteiger partial charge >= 0.3 is 6.18 Å². The molecule has 146 valence electrons. The number of likely N-dealkylation sites (N-methyl/N-ethyl adjacent to an activating group) is 1. The van der Waals surface area contributed by atoms with E-state index in [0.717, 1.165) is 38.1 Å². The highest BCUT2D eigenvalue weighted by Gasteiger charge is 2.33. The molecule has 1 amide bonds. The van der Waals surface area contributed by atoms with Crippen molar-refractivity contribution >= 4 is 5.91 Å². The SMILES string of the molecule is C[C@H](NC(=O)C1CCCCN1C)c1nc(-c2ccnc(C(F)(F)F)c2)no1. The number of halogens is 3. The van der Waals surface area contributed by atoms with E-state index in [1.165, 1.54) is 6.07 Å². The maximum absolute atomic E-state index is 12.8. The van der Waals surface area contributed by atoms with E-state index < -0.39 is 17.9 Å². The van der Waals surface area contributed by atoms with Gasteiger partial charge in [0.15, 0.2) is 0 Å². The van der Waals surface area contributed by atoms with E-state index in [4.69, 9.17) is 4.52 Å². The first-order valence-corrected chi connectivity index (χ1v) is 8.63. The van der Waals surface area contributed by atoms with Crippen LogP contribution in [-0.4, -0.2) is 45.6 Å². The van der Waals surface area contributed by atoms with Crippen molar-refractivity contribution in [3.05, 3.63) is 29.9 Å². The normalized spacial score (nSPS) is 19.7. The van der Waals surface area contributed by atoms with Gasteiger partial charge in [-0.15, -0.1) is 0 Å². The second-order valence-electron chi connectivity index (χ2n) is 6.61. The molecule has 2 aromatic rings. The zero-order valence-corrected chi connectivity index (χ0v) is 15.0. The molecule has 3 heterocycles. The highest BCUT2D eigenvalue weighted by molar-refractivity contribution is 5.82. The summed E-state index contributed by atoms with van der Waals surface area (Å²) in [7, 11) is 1.90. The van der Waals surface area contributed by atoms with E-state index in [2.05, 4.69) is 20.4 Å². The molecule has 0 radical (unpaired) electrons. The topological polar surface area (TPSA) is 84.2 Å². The lowest BCUT2D eigenvalue weighted by molar-refractivity contribution is -0.141. The molecule has 1 aliphatic rings. The van der Waals surface area contributed by atoms with Crippen LogP contribution < -0.4 is 5.32 Å². The molecule has 2 atom stereocenters.